The molecule has 0 spiro atoms. The molecule has 1 fully saturated rings. The highest BCUT2D eigenvalue weighted by atomic mass is 16.1. The minimum absolute atomic E-state index is 0.159. The van der Waals surface area contributed by atoms with Crippen LogP contribution in [0.5, 0.6) is 0 Å². The number of benzene rings is 2. The molecule has 2 aromatic carbocycles. The number of imidazole rings is 1. The summed E-state index contributed by atoms with van der Waals surface area (Å²) in [5.41, 5.74) is 7.37. The summed E-state index contributed by atoms with van der Waals surface area (Å²) in [5, 5.41) is 0. The van der Waals surface area contributed by atoms with Gasteiger partial charge in [0.1, 0.15) is 23.9 Å². The lowest BCUT2D eigenvalue weighted by Gasteiger charge is -2.37. The Balaban J connectivity index is 1.81. The molecule has 144 valence electrons. The molecule has 0 unspecified atom stereocenters. The second kappa shape index (κ2) is 7.27. The smallest absolute Gasteiger partial charge is 0.253 e. The van der Waals surface area contributed by atoms with Gasteiger partial charge in [-0.1, -0.05) is 60.7 Å². The third kappa shape index (κ3) is 2.84. The fourth-order valence-corrected chi connectivity index (χ4v) is 5.09. The van der Waals surface area contributed by atoms with Crippen LogP contribution in [0, 0.1) is 12.8 Å². The molecule has 0 saturated heterocycles. The molecule has 4 heteroatoms. The number of amides is 1. The van der Waals surface area contributed by atoms with Crippen molar-refractivity contribution in [3.63, 3.8) is 0 Å². The summed E-state index contributed by atoms with van der Waals surface area (Å²) in [6.07, 6.45) is 7.20. The van der Waals surface area contributed by atoms with Crippen LogP contribution in [0.15, 0.2) is 73.1 Å². The Bertz CT molecular complexity index is 923. The fraction of sp³-hybridized carbons (Fsp3) is 0.333. The zero-order valence-electron chi connectivity index (χ0n) is 16.6. The number of primary amides is 1. The number of nitrogens with two attached hydrogens (primary N) is 1. The van der Waals surface area contributed by atoms with E-state index in [1.807, 2.05) is 60.7 Å². The van der Waals surface area contributed by atoms with Crippen LogP contribution < -0.4 is 10.3 Å². The molecule has 28 heavy (non-hydrogen) atoms. The summed E-state index contributed by atoms with van der Waals surface area (Å²) < 4.78 is 4.49. The first-order chi connectivity index (χ1) is 13.5. The first-order valence-electron chi connectivity index (χ1n) is 9.99. The van der Waals surface area contributed by atoms with Gasteiger partial charge in [-0.2, -0.15) is 0 Å². The van der Waals surface area contributed by atoms with Gasteiger partial charge in [0.2, 0.25) is 5.91 Å². The van der Waals surface area contributed by atoms with Gasteiger partial charge in [0.05, 0.1) is 7.05 Å². The molecule has 2 N–H and O–H groups in total. The van der Waals surface area contributed by atoms with Crippen LogP contribution in [-0.4, -0.2) is 10.5 Å². The highest BCUT2D eigenvalue weighted by Crippen LogP contribution is 2.49. The van der Waals surface area contributed by atoms with Gasteiger partial charge in [-0.15, -0.1) is 0 Å². The Morgan fingerprint density at radius 2 is 1.61 bits per heavy atom. The Morgan fingerprint density at radius 3 is 2.07 bits per heavy atom. The van der Waals surface area contributed by atoms with Crippen LogP contribution in [-0.2, 0) is 17.3 Å². The van der Waals surface area contributed by atoms with Crippen molar-refractivity contribution in [2.45, 2.75) is 37.6 Å². The molecule has 1 amide bonds. The molecule has 4 nitrogen and oxygen atoms in total. The lowest BCUT2D eigenvalue weighted by molar-refractivity contribution is -0.677. The van der Waals surface area contributed by atoms with Gasteiger partial charge >= 0.3 is 0 Å². The maximum atomic E-state index is 13.1. The topological polar surface area (TPSA) is 51.9 Å². The van der Waals surface area contributed by atoms with Crippen molar-refractivity contribution >= 4 is 5.91 Å². The first-order valence-corrected chi connectivity index (χ1v) is 9.99. The van der Waals surface area contributed by atoms with E-state index in [0.717, 1.165) is 30.4 Å². The number of rotatable bonds is 5. The van der Waals surface area contributed by atoms with E-state index in [1.165, 1.54) is 5.82 Å². The third-order valence-corrected chi connectivity index (χ3v) is 6.59. The van der Waals surface area contributed by atoms with Crippen molar-refractivity contribution < 1.29 is 9.36 Å². The molecule has 2 atom stereocenters. The molecule has 0 bridgehead atoms. The van der Waals surface area contributed by atoms with Crippen molar-refractivity contribution in [2.75, 3.05) is 0 Å². The number of hydrogen-bond acceptors (Lipinski definition) is 1. The average Bonchev–Trinajstić information content (AvgIpc) is 3.32. The highest BCUT2D eigenvalue weighted by molar-refractivity contribution is 5.91. The molecular formula is C24H28N3O+. The monoisotopic (exact) mass is 374 g/mol. The SMILES string of the molecule is Cc1n([C@@H]2CC[C@H](C(C(N)=O)(c3ccccc3)c3ccccc3)C2)cc[n+]1C. The fourth-order valence-electron chi connectivity index (χ4n) is 5.09. The number of carbonyl (C=O) groups is 1. The molecule has 0 aliphatic heterocycles. The maximum Gasteiger partial charge on any atom is 0.253 e. The summed E-state index contributed by atoms with van der Waals surface area (Å²) in [6, 6.07) is 20.5. The zero-order chi connectivity index (χ0) is 19.7. The van der Waals surface area contributed by atoms with Gasteiger partial charge in [-0.05, 0) is 36.3 Å². The Morgan fingerprint density at radius 1 is 1.04 bits per heavy atom. The van der Waals surface area contributed by atoms with E-state index in [4.69, 9.17) is 5.73 Å². The molecule has 4 rings (SSSR count). The van der Waals surface area contributed by atoms with E-state index in [-0.39, 0.29) is 11.8 Å². The van der Waals surface area contributed by atoms with E-state index < -0.39 is 5.41 Å². The van der Waals surface area contributed by atoms with Gasteiger partial charge in [0.25, 0.3) is 5.82 Å². The van der Waals surface area contributed by atoms with E-state index in [1.54, 1.807) is 0 Å². The van der Waals surface area contributed by atoms with Crippen LogP contribution in [0.1, 0.15) is 42.3 Å². The standard InChI is InChI=1S/C24H27N3O/c1-18-26(2)15-16-27(18)22-14-13-21(17-22)24(23(25)28,19-9-5-3-6-10-19)20-11-7-4-8-12-20/h3-12,15-16,21-22H,13-14,17H2,1-2H3,(H-,25,28)/p+1/t21-,22+/m0/s1. The molecule has 0 radical (unpaired) electrons. The number of aryl methyl sites for hydroxylation is 1. The number of hydrogen-bond donors (Lipinski definition) is 1. The van der Waals surface area contributed by atoms with Gasteiger partial charge in [0, 0.05) is 6.92 Å². The van der Waals surface area contributed by atoms with Crippen LogP contribution in [0.3, 0.4) is 0 Å². The second-order valence-electron chi connectivity index (χ2n) is 7.93. The molecule has 1 saturated carbocycles. The Kier molecular flexibility index (Phi) is 4.80. The molecule has 1 aliphatic rings. The number of nitrogens with zero attached hydrogens (tertiary/aromatic N) is 2. The van der Waals surface area contributed by atoms with Crippen molar-refractivity contribution in [3.8, 4) is 0 Å². The Hall–Kier alpha value is -2.88. The largest absolute Gasteiger partial charge is 0.369 e. The van der Waals surface area contributed by atoms with E-state index in [0.29, 0.717) is 6.04 Å². The quantitative estimate of drug-likeness (QED) is 0.684. The van der Waals surface area contributed by atoms with Crippen molar-refractivity contribution in [1.82, 2.24) is 4.57 Å². The Labute approximate surface area is 166 Å². The lowest BCUT2D eigenvalue weighted by atomic mass is 9.64. The summed E-state index contributed by atoms with van der Waals surface area (Å²) >= 11 is 0. The van der Waals surface area contributed by atoms with E-state index in [9.17, 15) is 4.79 Å². The van der Waals surface area contributed by atoms with Crippen molar-refractivity contribution in [3.05, 3.63) is 90.0 Å². The predicted octanol–water partition coefficient (Wildman–Crippen LogP) is 3.43. The maximum absolute atomic E-state index is 13.1. The zero-order valence-corrected chi connectivity index (χ0v) is 16.6. The summed E-state index contributed by atoms with van der Waals surface area (Å²) in [7, 11) is 2.07. The van der Waals surface area contributed by atoms with E-state index in [2.05, 4.69) is 35.5 Å². The molecule has 1 heterocycles. The second-order valence-corrected chi connectivity index (χ2v) is 7.93. The molecular weight excluding hydrogens is 346 g/mol. The van der Waals surface area contributed by atoms with Gasteiger partial charge < -0.3 is 5.73 Å². The van der Waals surface area contributed by atoms with Gasteiger partial charge in [-0.3, -0.25) is 4.79 Å². The minimum atomic E-state index is -0.805. The minimum Gasteiger partial charge on any atom is -0.369 e. The summed E-state index contributed by atoms with van der Waals surface area (Å²) in [6.45, 7) is 2.14. The normalized spacial score (nSPS) is 19.6. The highest BCUT2D eigenvalue weighted by Gasteiger charge is 2.51. The van der Waals surface area contributed by atoms with Crippen LogP contribution in [0.25, 0.3) is 0 Å². The van der Waals surface area contributed by atoms with Crippen LogP contribution >= 0.6 is 0 Å². The first kappa shape index (κ1) is 18.5. The summed E-state index contributed by atoms with van der Waals surface area (Å²) in [4.78, 5) is 13.1. The van der Waals surface area contributed by atoms with Crippen LogP contribution in [0.4, 0.5) is 0 Å². The third-order valence-electron chi connectivity index (χ3n) is 6.59. The number of aromatic nitrogens is 2. The van der Waals surface area contributed by atoms with Gasteiger partial charge in [0.15, 0.2) is 0 Å². The molecule has 1 aliphatic carbocycles. The number of carbonyl (C=O) groups excluding carboxylic acids is 1. The van der Waals surface area contributed by atoms with Gasteiger partial charge in [-0.25, -0.2) is 9.13 Å². The molecule has 1 aromatic heterocycles. The predicted molar refractivity (Wildman–Crippen MR) is 110 cm³/mol. The van der Waals surface area contributed by atoms with Crippen molar-refractivity contribution in [2.24, 2.45) is 18.7 Å². The average molecular weight is 375 g/mol. The summed E-state index contributed by atoms with van der Waals surface area (Å²) in [5.74, 6) is 1.13. The van der Waals surface area contributed by atoms with Crippen molar-refractivity contribution in [1.29, 1.82) is 0 Å². The van der Waals surface area contributed by atoms with Crippen LogP contribution in [0.2, 0.25) is 0 Å². The molecule has 3 aromatic rings. The van der Waals surface area contributed by atoms with E-state index >= 15 is 0 Å². The lowest BCUT2D eigenvalue weighted by Crippen LogP contribution is -2.47.